The Bertz CT molecular complexity index is 1520. The number of amidine groups is 2. The average Bonchev–Trinajstić information content (AvgIpc) is 3.22. The van der Waals surface area contributed by atoms with Crippen LogP contribution in [0.1, 0.15) is 22.9 Å². The van der Waals surface area contributed by atoms with E-state index in [0.717, 1.165) is 54.8 Å². The first-order valence-electron chi connectivity index (χ1n) is 10.4. The van der Waals surface area contributed by atoms with Crippen molar-refractivity contribution in [3.63, 3.8) is 0 Å². The van der Waals surface area contributed by atoms with Crippen molar-refractivity contribution in [1.82, 2.24) is 5.32 Å². The van der Waals surface area contributed by atoms with Gasteiger partial charge < -0.3 is 9.73 Å². The molecule has 0 saturated heterocycles. The lowest BCUT2D eigenvalue weighted by atomic mass is 10.1. The van der Waals surface area contributed by atoms with Crippen LogP contribution in [0.25, 0.3) is 21.9 Å². The molecule has 0 radical (unpaired) electrons. The summed E-state index contributed by atoms with van der Waals surface area (Å²) in [5.74, 6) is 1.58. The van der Waals surface area contributed by atoms with Crippen LogP contribution in [0, 0.1) is 0 Å². The average molecular weight is 480 g/mol. The molecule has 1 aliphatic heterocycles. The number of nitrogens with one attached hydrogen (secondary N) is 1. The third kappa shape index (κ3) is 3.41. The van der Waals surface area contributed by atoms with E-state index in [4.69, 9.17) is 14.4 Å². The predicted molar refractivity (Wildman–Crippen MR) is 133 cm³/mol. The van der Waals surface area contributed by atoms with Crippen LogP contribution in [-0.4, -0.2) is 11.7 Å². The van der Waals surface area contributed by atoms with E-state index >= 15 is 0 Å². The Hall–Kier alpha value is -3.70. The first-order chi connectivity index (χ1) is 15.7. The zero-order valence-electron chi connectivity index (χ0n) is 17.0. The van der Waals surface area contributed by atoms with Gasteiger partial charge in [0.2, 0.25) is 0 Å². The van der Waals surface area contributed by atoms with Gasteiger partial charge in [-0.2, -0.15) is 0 Å². The molecule has 1 N–H and O–H groups in total. The smallest absolute Gasteiger partial charge is 0.169 e. The van der Waals surface area contributed by atoms with Gasteiger partial charge in [0, 0.05) is 26.4 Å². The highest BCUT2D eigenvalue weighted by Crippen LogP contribution is 2.30. The van der Waals surface area contributed by atoms with Gasteiger partial charge in [-0.1, -0.05) is 76.6 Å². The Morgan fingerprint density at radius 3 is 2.19 bits per heavy atom. The second kappa shape index (κ2) is 7.77. The summed E-state index contributed by atoms with van der Waals surface area (Å²) in [5, 5.41) is 5.64. The maximum absolute atomic E-state index is 6.00. The van der Waals surface area contributed by atoms with Crippen molar-refractivity contribution in [3.8, 4) is 0 Å². The summed E-state index contributed by atoms with van der Waals surface area (Å²) in [6.45, 7) is 0. The van der Waals surface area contributed by atoms with Crippen molar-refractivity contribution in [3.05, 3.63) is 118 Å². The van der Waals surface area contributed by atoms with Crippen molar-refractivity contribution < 1.29 is 4.42 Å². The summed E-state index contributed by atoms with van der Waals surface area (Å²) >= 11 is 3.57. The van der Waals surface area contributed by atoms with E-state index < -0.39 is 0 Å². The summed E-state index contributed by atoms with van der Waals surface area (Å²) in [6, 6.07) is 32.6. The topological polar surface area (TPSA) is 49.9 Å². The maximum atomic E-state index is 6.00. The second-order valence-electron chi connectivity index (χ2n) is 7.68. The van der Waals surface area contributed by atoms with Crippen LogP contribution in [0.5, 0.6) is 0 Å². The lowest BCUT2D eigenvalue weighted by Gasteiger charge is -2.22. The Morgan fingerprint density at radius 1 is 0.656 bits per heavy atom. The van der Waals surface area contributed by atoms with Crippen LogP contribution in [0.2, 0.25) is 0 Å². The molecule has 0 bridgehead atoms. The predicted octanol–water partition coefficient (Wildman–Crippen LogP) is 6.84. The van der Waals surface area contributed by atoms with Gasteiger partial charge in [-0.25, -0.2) is 9.98 Å². The van der Waals surface area contributed by atoms with E-state index in [-0.39, 0.29) is 6.17 Å². The van der Waals surface area contributed by atoms with Gasteiger partial charge in [0.15, 0.2) is 6.17 Å². The third-order valence-corrected chi connectivity index (χ3v) is 6.08. The number of benzene rings is 4. The molecule has 0 spiro atoms. The summed E-state index contributed by atoms with van der Waals surface area (Å²) in [5.41, 5.74) is 4.80. The number of para-hydroxylation sites is 1. The van der Waals surface area contributed by atoms with Crippen LogP contribution in [-0.2, 0) is 0 Å². The number of fused-ring (bicyclic) bond motifs is 3. The summed E-state index contributed by atoms with van der Waals surface area (Å²) < 4.78 is 7.01. The van der Waals surface area contributed by atoms with Crippen molar-refractivity contribution in [2.24, 2.45) is 9.98 Å². The molecule has 154 valence electrons. The van der Waals surface area contributed by atoms with Gasteiger partial charge in [-0.3, -0.25) is 0 Å². The maximum Gasteiger partial charge on any atom is 0.169 e. The van der Waals surface area contributed by atoms with Crippen molar-refractivity contribution in [2.75, 3.05) is 0 Å². The number of halogens is 1. The minimum absolute atomic E-state index is 0.321. The van der Waals surface area contributed by atoms with Gasteiger partial charge in [-0.05, 0) is 42.0 Å². The fourth-order valence-corrected chi connectivity index (χ4v) is 4.43. The SMILES string of the molecule is Brc1cccc(C2=NC(c3ccccc3)N=C(c3ccc4oc5ccccc5c4c3)N2)c1. The normalized spacial score (nSPS) is 16.0. The molecule has 4 aromatic carbocycles. The first-order valence-corrected chi connectivity index (χ1v) is 11.2. The van der Waals surface area contributed by atoms with Crippen LogP contribution in [0.3, 0.4) is 0 Å². The van der Waals surface area contributed by atoms with E-state index in [1.807, 2.05) is 66.7 Å². The largest absolute Gasteiger partial charge is 0.456 e. The molecular formula is C27H18BrN3O. The molecule has 5 aromatic rings. The molecule has 1 aromatic heterocycles. The van der Waals surface area contributed by atoms with Gasteiger partial charge in [0.25, 0.3) is 0 Å². The molecule has 0 aliphatic carbocycles. The summed E-state index contributed by atoms with van der Waals surface area (Å²) in [4.78, 5) is 9.89. The van der Waals surface area contributed by atoms with E-state index in [9.17, 15) is 0 Å². The van der Waals surface area contributed by atoms with Crippen molar-refractivity contribution in [2.45, 2.75) is 6.17 Å². The minimum atomic E-state index is -0.321. The monoisotopic (exact) mass is 479 g/mol. The number of hydrogen-bond donors (Lipinski definition) is 1. The lowest BCUT2D eigenvalue weighted by Crippen LogP contribution is -2.36. The number of hydrogen-bond acceptors (Lipinski definition) is 4. The molecule has 1 aliphatic rings. The van der Waals surface area contributed by atoms with Crippen LogP contribution >= 0.6 is 15.9 Å². The summed E-state index contributed by atoms with van der Waals surface area (Å²) in [7, 11) is 0. The Kier molecular flexibility index (Phi) is 4.62. The molecule has 2 heterocycles. The van der Waals surface area contributed by atoms with Crippen molar-refractivity contribution >= 4 is 49.5 Å². The zero-order chi connectivity index (χ0) is 21.5. The van der Waals surface area contributed by atoms with E-state index in [2.05, 4.69) is 51.6 Å². The van der Waals surface area contributed by atoms with Crippen molar-refractivity contribution in [1.29, 1.82) is 0 Å². The van der Waals surface area contributed by atoms with Gasteiger partial charge in [-0.15, -0.1) is 0 Å². The van der Waals surface area contributed by atoms with Crippen LogP contribution < -0.4 is 5.32 Å². The first kappa shape index (κ1) is 19.0. The highest BCUT2D eigenvalue weighted by molar-refractivity contribution is 9.10. The Balaban J connectivity index is 1.48. The molecule has 32 heavy (non-hydrogen) atoms. The number of nitrogens with zero attached hydrogens (tertiary/aromatic N) is 2. The highest BCUT2D eigenvalue weighted by Gasteiger charge is 2.21. The molecule has 4 nitrogen and oxygen atoms in total. The number of furan rings is 1. The highest BCUT2D eigenvalue weighted by atomic mass is 79.9. The lowest BCUT2D eigenvalue weighted by molar-refractivity contribution is 0.669. The molecule has 0 saturated carbocycles. The van der Waals surface area contributed by atoms with E-state index in [0.29, 0.717) is 0 Å². The summed E-state index contributed by atoms with van der Waals surface area (Å²) in [6.07, 6.45) is -0.321. The quantitative estimate of drug-likeness (QED) is 0.307. The second-order valence-corrected chi connectivity index (χ2v) is 8.60. The Morgan fingerprint density at radius 2 is 1.38 bits per heavy atom. The zero-order valence-corrected chi connectivity index (χ0v) is 18.6. The van der Waals surface area contributed by atoms with Crippen LogP contribution in [0.15, 0.2) is 116 Å². The van der Waals surface area contributed by atoms with Crippen LogP contribution in [0.4, 0.5) is 0 Å². The molecule has 1 atom stereocenters. The fraction of sp³-hybridized carbons (Fsp3) is 0.0370. The molecule has 0 fully saturated rings. The molecular weight excluding hydrogens is 462 g/mol. The van der Waals surface area contributed by atoms with Gasteiger partial charge in [0.05, 0.1) is 0 Å². The molecule has 5 heteroatoms. The van der Waals surface area contributed by atoms with Gasteiger partial charge in [0.1, 0.15) is 22.8 Å². The third-order valence-electron chi connectivity index (χ3n) is 5.59. The fourth-order valence-electron chi connectivity index (χ4n) is 4.03. The molecule has 0 amide bonds. The number of rotatable bonds is 3. The molecule has 1 unspecified atom stereocenters. The Labute approximate surface area is 193 Å². The number of aliphatic imine (C=N–C) groups is 2. The van der Waals surface area contributed by atoms with Gasteiger partial charge >= 0.3 is 0 Å². The minimum Gasteiger partial charge on any atom is -0.456 e. The molecule has 6 rings (SSSR count). The van der Waals surface area contributed by atoms with E-state index in [1.165, 1.54) is 0 Å². The van der Waals surface area contributed by atoms with E-state index in [1.54, 1.807) is 0 Å². The standard InChI is InChI=1S/C27H18BrN3O/c28-20-10-6-9-18(15-20)26-29-25(17-7-2-1-3-8-17)30-27(31-26)19-13-14-24-22(16-19)21-11-4-5-12-23(21)32-24/h1-16,25H,(H,29,30,31).